The molecule has 1 aromatic carbocycles. The van der Waals surface area contributed by atoms with Crippen LogP contribution in [0.25, 0.3) is 22.4 Å². The Labute approximate surface area is 172 Å². The van der Waals surface area contributed by atoms with Crippen LogP contribution >= 0.6 is 0 Å². The van der Waals surface area contributed by atoms with E-state index in [0.717, 1.165) is 79.8 Å². The fourth-order valence-corrected chi connectivity index (χ4v) is 3.52. The molecule has 6 heteroatoms. The first-order chi connectivity index (χ1) is 14.3. The van der Waals surface area contributed by atoms with Gasteiger partial charge in [-0.05, 0) is 31.5 Å². The second kappa shape index (κ2) is 9.58. The van der Waals surface area contributed by atoms with Gasteiger partial charge in [-0.25, -0.2) is 9.97 Å². The lowest BCUT2D eigenvalue weighted by Gasteiger charge is -2.26. The summed E-state index contributed by atoms with van der Waals surface area (Å²) < 4.78 is 5.40. The van der Waals surface area contributed by atoms with E-state index in [1.54, 1.807) is 0 Å². The van der Waals surface area contributed by atoms with E-state index in [2.05, 4.69) is 43.4 Å². The molecule has 1 fully saturated rings. The highest BCUT2D eigenvalue weighted by atomic mass is 16.5. The zero-order chi connectivity index (χ0) is 19.9. The van der Waals surface area contributed by atoms with Crippen LogP contribution in [0, 0.1) is 6.92 Å². The van der Waals surface area contributed by atoms with Crippen molar-refractivity contribution >= 4 is 5.82 Å². The van der Waals surface area contributed by atoms with Crippen LogP contribution in [0.1, 0.15) is 12.2 Å². The average Bonchev–Trinajstić information content (AvgIpc) is 2.78. The number of nitrogens with zero attached hydrogens (tertiary/aromatic N) is 4. The molecule has 1 aliphatic heterocycles. The second-order valence-electron chi connectivity index (χ2n) is 7.25. The van der Waals surface area contributed by atoms with E-state index in [9.17, 15) is 0 Å². The fraction of sp³-hybridized carbons (Fsp3) is 0.348. The maximum Gasteiger partial charge on any atom is 0.130 e. The molecule has 3 aromatic rings. The van der Waals surface area contributed by atoms with Crippen LogP contribution in [0.4, 0.5) is 5.82 Å². The Hall–Kier alpha value is -2.83. The molecule has 1 aliphatic rings. The molecule has 4 rings (SSSR count). The van der Waals surface area contributed by atoms with Crippen molar-refractivity contribution in [2.24, 2.45) is 0 Å². The number of pyridine rings is 1. The van der Waals surface area contributed by atoms with Crippen molar-refractivity contribution in [3.63, 3.8) is 0 Å². The van der Waals surface area contributed by atoms with Crippen LogP contribution < -0.4 is 5.32 Å². The fourth-order valence-electron chi connectivity index (χ4n) is 3.52. The third-order valence-electron chi connectivity index (χ3n) is 5.04. The molecular weight excluding hydrogens is 362 g/mol. The highest BCUT2D eigenvalue weighted by molar-refractivity contribution is 5.71. The van der Waals surface area contributed by atoms with Crippen LogP contribution in [0.3, 0.4) is 0 Å². The van der Waals surface area contributed by atoms with E-state index in [-0.39, 0.29) is 0 Å². The molecule has 3 heterocycles. The number of ether oxygens (including phenoxy) is 1. The first kappa shape index (κ1) is 19.5. The summed E-state index contributed by atoms with van der Waals surface area (Å²) in [7, 11) is 0. The van der Waals surface area contributed by atoms with Crippen molar-refractivity contribution in [2.75, 3.05) is 44.7 Å². The summed E-state index contributed by atoms with van der Waals surface area (Å²) in [4.78, 5) is 16.0. The highest BCUT2D eigenvalue weighted by Gasteiger charge is 2.10. The molecule has 1 saturated heterocycles. The molecule has 0 saturated carbocycles. The van der Waals surface area contributed by atoms with Gasteiger partial charge >= 0.3 is 0 Å². The van der Waals surface area contributed by atoms with Gasteiger partial charge in [0.05, 0.1) is 18.9 Å². The lowest BCUT2D eigenvalue weighted by atomic mass is 10.0. The van der Waals surface area contributed by atoms with Gasteiger partial charge in [-0.3, -0.25) is 9.88 Å². The standard InChI is InChI=1S/C23H27N5O/c1-18-26-22(21-14-20(16-24-17-21)19-6-3-2-4-7-19)15-23(27-18)25-8-5-9-28-10-12-29-13-11-28/h2-4,6-7,14-17H,5,8-13H2,1H3,(H,25,26,27). The number of anilines is 1. The summed E-state index contributed by atoms with van der Waals surface area (Å²) >= 11 is 0. The molecule has 29 heavy (non-hydrogen) atoms. The smallest absolute Gasteiger partial charge is 0.130 e. The Balaban J connectivity index is 1.43. The third kappa shape index (κ3) is 5.37. The predicted molar refractivity (Wildman–Crippen MR) is 116 cm³/mol. The van der Waals surface area contributed by atoms with Crippen LogP contribution in [-0.2, 0) is 4.74 Å². The summed E-state index contributed by atoms with van der Waals surface area (Å²) in [5.74, 6) is 1.61. The molecule has 0 atom stereocenters. The van der Waals surface area contributed by atoms with Gasteiger partial charge < -0.3 is 10.1 Å². The Morgan fingerprint density at radius 3 is 2.59 bits per heavy atom. The Bertz CT molecular complexity index is 926. The zero-order valence-corrected chi connectivity index (χ0v) is 16.8. The monoisotopic (exact) mass is 389 g/mol. The third-order valence-corrected chi connectivity index (χ3v) is 5.04. The van der Waals surface area contributed by atoms with Gasteiger partial charge in [-0.1, -0.05) is 30.3 Å². The van der Waals surface area contributed by atoms with E-state index < -0.39 is 0 Å². The van der Waals surface area contributed by atoms with E-state index >= 15 is 0 Å². The van der Waals surface area contributed by atoms with Crippen LogP contribution in [0.2, 0.25) is 0 Å². The number of benzene rings is 1. The van der Waals surface area contributed by atoms with Crippen molar-refractivity contribution in [3.05, 3.63) is 60.7 Å². The Morgan fingerprint density at radius 2 is 1.76 bits per heavy atom. The summed E-state index contributed by atoms with van der Waals surface area (Å²) in [5.41, 5.74) is 4.11. The first-order valence-electron chi connectivity index (χ1n) is 10.2. The molecule has 6 nitrogen and oxygen atoms in total. The Kier molecular flexibility index (Phi) is 6.44. The van der Waals surface area contributed by atoms with Crippen LogP contribution in [0.15, 0.2) is 54.9 Å². The summed E-state index contributed by atoms with van der Waals surface area (Å²) in [6, 6.07) is 14.4. The van der Waals surface area contributed by atoms with Crippen molar-refractivity contribution < 1.29 is 4.74 Å². The second-order valence-corrected chi connectivity index (χ2v) is 7.25. The summed E-state index contributed by atoms with van der Waals surface area (Å²) in [6.45, 7) is 7.64. The van der Waals surface area contributed by atoms with Gasteiger partial charge in [0.1, 0.15) is 11.6 Å². The molecule has 2 aromatic heterocycles. The molecule has 0 spiro atoms. The minimum Gasteiger partial charge on any atom is -0.379 e. The van der Waals surface area contributed by atoms with Gasteiger partial charge in [0.25, 0.3) is 0 Å². The number of hydrogen-bond donors (Lipinski definition) is 1. The molecule has 150 valence electrons. The van der Waals surface area contributed by atoms with E-state index in [4.69, 9.17) is 4.74 Å². The maximum absolute atomic E-state index is 5.40. The van der Waals surface area contributed by atoms with E-state index in [1.165, 1.54) is 0 Å². The van der Waals surface area contributed by atoms with Crippen molar-refractivity contribution in [1.82, 2.24) is 19.9 Å². The lowest BCUT2D eigenvalue weighted by molar-refractivity contribution is 0.0378. The molecule has 0 aliphatic carbocycles. The largest absolute Gasteiger partial charge is 0.379 e. The molecule has 1 N–H and O–H groups in total. The SMILES string of the molecule is Cc1nc(NCCCN2CCOCC2)cc(-c2cncc(-c3ccccc3)c2)n1. The number of rotatable bonds is 7. The number of hydrogen-bond acceptors (Lipinski definition) is 6. The van der Waals surface area contributed by atoms with Gasteiger partial charge in [0.2, 0.25) is 0 Å². The van der Waals surface area contributed by atoms with E-state index in [1.807, 2.05) is 43.6 Å². The molecule has 0 amide bonds. The normalized spacial score (nSPS) is 14.7. The maximum atomic E-state index is 5.40. The average molecular weight is 390 g/mol. The van der Waals surface area contributed by atoms with Gasteiger partial charge in [0, 0.05) is 49.2 Å². The summed E-state index contributed by atoms with van der Waals surface area (Å²) in [5, 5.41) is 3.45. The van der Waals surface area contributed by atoms with Gasteiger partial charge in [-0.15, -0.1) is 0 Å². The van der Waals surface area contributed by atoms with E-state index in [0.29, 0.717) is 0 Å². The molecular formula is C23H27N5O. The highest BCUT2D eigenvalue weighted by Crippen LogP contribution is 2.25. The number of nitrogens with one attached hydrogen (secondary N) is 1. The zero-order valence-electron chi connectivity index (χ0n) is 16.8. The molecule has 0 radical (unpaired) electrons. The predicted octanol–water partition coefficient (Wildman–Crippen LogP) is 3.65. The number of aromatic nitrogens is 3. The topological polar surface area (TPSA) is 63.2 Å². The minimum atomic E-state index is 0.753. The van der Waals surface area contributed by atoms with Crippen molar-refractivity contribution in [3.8, 4) is 22.4 Å². The lowest BCUT2D eigenvalue weighted by Crippen LogP contribution is -2.37. The number of morpholine rings is 1. The Morgan fingerprint density at radius 1 is 0.966 bits per heavy atom. The summed E-state index contributed by atoms with van der Waals surface area (Å²) in [6.07, 6.45) is 4.82. The first-order valence-corrected chi connectivity index (χ1v) is 10.2. The number of aryl methyl sites for hydroxylation is 1. The minimum absolute atomic E-state index is 0.753. The molecule has 0 bridgehead atoms. The van der Waals surface area contributed by atoms with Gasteiger partial charge in [0.15, 0.2) is 0 Å². The van der Waals surface area contributed by atoms with Crippen molar-refractivity contribution in [1.29, 1.82) is 0 Å². The quantitative estimate of drug-likeness (QED) is 0.623. The van der Waals surface area contributed by atoms with Crippen LogP contribution in [0.5, 0.6) is 0 Å². The van der Waals surface area contributed by atoms with Crippen molar-refractivity contribution in [2.45, 2.75) is 13.3 Å². The molecule has 0 unspecified atom stereocenters. The van der Waals surface area contributed by atoms with Crippen LogP contribution in [-0.4, -0.2) is 59.2 Å². The van der Waals surface area contributed by atoms with Gasteiger partial charge in [-0.2, -0.15) is 0 Å².